The van der Waals surface area contributed by atoms with Crippen LogP contribution in [0.15, 0.2) is 60.8 Å². The molecule has 0 aliphatic heterocycles. The standard InChI is InChI=1S/C44H80NO7P/c1-6-8-10-12-14-16-18-20-21-22-23-24-25-26-27-29-31-33-35-37-44(46)52-43(42-51-53(47,48)50-40-38-45(3,4)5)41-49-39-36-34-32-30-28-19-17-15-13-11-9-7-2/h8,10,13-16,20-21,23-24,43H,6-7,9,11-12,17-19,22,25-42H2,1-5H3/b10-8-,15-13-,16-14-,21-20-,24-23-. The van der Waals surface area contributed by atoms with Gasteiger partial charge < -0.3 is 27.9 Å². The van der Waals surface area contributed by atoms with Crippen LogP contribution < -0.4 is 4.89 Å². The summed E-state index contributed by atoms with van der Waals surface area (Å²) in [7, 11) is 1.33. The van der Waals surface area contributed by atoms with E-state index >= 15 is 0 Å². The Hall–Kier alpha value is -1.80. The van der Waals surface area contributed by atoms with Gasteiger partial charge in [0, 0.05) is 13.0 Å². The van der Waals surface area contributed by atoms with E-state index in [0.717, 1.165) is 70.6 Å². The highest BCUT2D eigenvalue weighted by Crippen LogP contribution is 2.38. The van der Waals surface area contributed by atoms with Gasteiger partial charge in [-0.2, -0.15) is 0 Å². The van der Waals surface area contributed by atoms with Crippen LogP contribution in [0, 0.1) is 0 Å². The zero-order valence-electron chi connectivity index (χ0n) is 34.7. The summed E-state index contributed by atoms with van der Waals surface area (Å²) < 4.78 is 34.5. The van der Waals surface area contributed by atoms with E-state index in [1.54, 1.807) is 0 Å². The number of rotatable bonds is 38. The van der Waals surface area contributed by atoms with Crippen molar-refractivity contribution >= 4 is 13.8 Å². The molecule has 0 fully saturated rings. The first-order valence-electron chi connectivity index (χ1n) is 21.0. The van der Waals surface area contributed by atoms with Gasteiger partial charge in [0.1, 0.15) is 19.3 Å². The molecular formula is C44H80NO7P. The SMILES string of the molecule is CC/C=C\C/C=C\C/C=C\C/C=C\CCCCCCCCC(=O)OC(COCCCCCCCC/C=C\CCCC)COP(=O)([O-])OCC[N+](C)(C)C. The van der Waals surface area contributed by atoms with Crippen molar-refractivity contribution in [3.63, 3.8) is 0 Å². The molecule has 0 rings (SSSR count). The molecule has 2 unspecified atom stereocenters. The number of phosphoric acid groups is 1. The van der Waals surface area contributed by atoms with Crippen molar-refractivity contribution in [1.29, 1.82) is 0 Å². The zero-order chi connectivity index (χ0) is 39.1. The highest BCUT2D eigenvalue weighted by Gasteiger charge is 2.20. The third-order valence-corrected chi connectivity index (χ3v) is 9.52. The van der Waals surface area contributed by atoms with Gasteiger partial charge in [-0.25, -0.2) is 0 Å². The van der Waals surface area contributed by atoms with Crippen LogP contribution in [-0.4, -0.2) is 70.7 Å². The number of nitrogens with zero attached hydrogens (tertiary/aromatic N) is 1. The lowest BCUT2D eigenvalue weighted by molar-refractivity contribution is -0.870. The molecule has 0 radical (unpaired) electrons. The molecule has 0 saturated carbocycles. The molecular weight excluding hydrogens is 685 g/mol. The average molecular weight is 766 g/mol. The number of hydrogen-bond acceptors (Lipinski definition) is 7. The molecule has 53 heavy (non-hydrogen) atoms. The average Bonchev–Trinajstić information content (AvgIpc) is 3.11. The number of quaternary nitrogens is 1. The number of phosphoric ester groups is 1. The lowest BCUT2D eigenvalue weighted by atomic mass is 10.1. The Morgan fingerprint density at radius 1 is 0.604 bits per heavy atom. The largest absolute Gasteiger partial charge is 0.756 e. The highest BCUT2D eigenvalue weighted by atomic mass is 31.2. The van der Waals surface area contributed by atoms with Crippen LogP contribution in [-0.2, 0) is 27.9 Å². The third kappa shape index (κ3) is 41.2. The summed E-state index contributed by atoms with van der Waals surface area (Å²) in [6, 6.07) is 0. The number of carbonyl (C=O) groups is 1. The molecule has 9 heteroatoms. The van der Waals surface area contributed by atoms with Crippen LogP contribution in [0.2, 0.25) is 0 Å². The van der Waals surface area contributed by atoms with Crippen LogP contribution in [0.3, 0.4) is 0 Å². The number of hydrogen-bond donors (Lipinski definition) is 0. The summed E-state index contributed by atoms with van der Waals surface area (Å²) in [5, 5.41) is 0. The first-order chi connectivity index (χ1) is 25.6. The van der Waals surface area contributed by atoms with Crippen LogP contribution in [0.1, 0.15) is 155 Å². The molecule has 2 atom stereocenters. The summed E-state index contributed by atoms with van der Waals surface area (Å²) in [6.07, 6.45) is 45.1. The summed E-state index contributed by atoms with van der Waals surface area (Å²) in [5.74, 6) is -0.353. The molecule has 308 valence electrons. The number of likely N-dealkylation sites (N-methyl/N-ethyl adjacent to an activating group) is 1. The molecule has 0 aliphatic rings. The number of carbonyl (C=O) groups excluding carboxylic acids is 1. The van der Waals surface area contributed by atoms with E-state index in [-0.39, 0.29) is 25.8 Å². The van der Waals surface area contributed by atoms with Gasteiger partial charge in [-0.1, -0.05) is 139 Å². The van der Waals surface area contributed by atoms with Gasteiger partial charge in [0.05, 0.1) is 34.4 Å². The van der Waals surface area contributed by atoms with Gasteiger partial charge in [0.25, 0.3) is 7.82 Å². The van der Waals surface area contributed by atoms with Crippen molar-refractivity contribution in [3.8, 4) is 0 Å². The summed E-state index contributed by atoms with van der Waals surface area (Å²) >= 11 is 0. The summed E-state index contributed by atoms with van der Waals surface area (Å²) in [5.41, 5.74) is 0. The Morgan fingerprint density at radius 3 is 1.66 bits per heavy atom. The minimum absolute atomic E-state index is 0.0192. The van der Waals surface area contributed by atoms with Crippen molar-refractivity contribution in [2.75, 3.05) is 54.1 Å². The Kier molecular flexibility index (Phi) is 35.9. The van der Waals surface area contributed by atoms with Crippen molar-refractivity contribution in [1.82, 2.24) is 0 Å². The van der Waals surface area contributed by atoms with Crippen LogP contribution >= 0.6 is 7.82 Å². The van der Waals surface area contributed by atoms with Crippen molar-refractivity contribution in [2.24, 2.45) is 0 Å². The van der Waals surface area contributed by atoms with Gasteiger partial charge in [-0.05, 0) is 70.6 Å². The Morgan fingerprint density at radius 2 is 1.09 bits per heavy atom. The molecule has 8 nitrogen and oxygen atoms in total. The first-order valence-corrected chi connectivity index (χ1v) is 22.5. The Balaban J connectivity index is 4.28. The van der Waals surface area contributed by atoms with E-state index in [9.17, 15) is 14.3 Å². The van der Waals surface area contributed by atoms with E-state index in [2.05, 4.69) is 74.6 Å². The van der Waals surface area contributed by atoms with Crippen LogP contribution in [0.25, 0.3) is 0 Å². The van der Waals surface area contributed by atoms with E-state index < -0.39 is 13.9 Å². The second-order valence-electron chi connectivity index (χ2n) is 15.0. The van der Waals surface area contributed by atoms with E-state index in [1.807, 2.05) is 21.1 Å². The molecule has 0 aromatic rings. The Bertz CT molecular complexity index is 1030. The number of unbranched alkanes of at least 4 members (excludes halogenated alkanes) is 14. The highest BCUT2D eigenvalue weighted by molar-refractivity contribution is 7.45. The molecule has 0 spiro atoms. The second kappa shape index (κ2) is 37.1. The van der Waals surface area contributed by atoms with E-state index in [1.165, 1.54) is 64.2 Å². The summed E-state index contributed by atoms with van der Waals surface area (Å²) in [6.45, 7) is 5.21. The molecule has 0 heterocycles. The maximum atomic E-state index is 12.7. The van der Waals surface area contributed by atoms with Gasteiger partial charge in [0.15, 0.2) is 0 Å². The molecule has 0 aromatic carbocycles. The lowest BCUT2D eigenvalue weighted by Crippen LogP contribution is -2.37. The topological polar surface area (TPSA) is 94.1 Å². The number of esters is 1. The summed E-state index contributed by atoms with van der Waals surface area (Å²) in [4.78, 5) is 25.0. The smallest absolute Gasteiger partial charge is 0.306 e. The lowest BCUT2D eigenvalue weighted by Gasteiger charge is -2.28. The van der Waals surface area contributed by atoms with Crippen molar-refractivity contribution in [3.05, 3.63) is 60.8 Å². The minimum Gasteiger partial charge on any atom is -0.756 e. The fraction of sp³-hybridized carbons (Fsp3) is 0.750. The predicted octanol–water partition coefficient (Wildman–Crippen LogP) is 11.5. The van der Waals surface area contributed by atoms with Crippen molar-refractivity contribution < 1.29 is 37.3 Å². The molecule has 0 saturated heterocycles. The van der Waals surface area contributed by atoms with Gasteiger partial charge in [-0.3, -0.25) is 9.36 Å². The van der Waals surface area contributed by atoms with Crippen molar-refractivity contribution in [2.45, 2.75) is 161 Å². The van der Waals surface area contributed by atoms with Gasteiger partial charge in [-0.15, -0.1) is 0 Å². The minimum atomic E-state index is -4.53. The third-order valence-electron chi connectivity index (χ3n) is 8.55. The van der Waals surface area contributed by atoms with Gasteiger partial charge >= 0.3 is 5.97 Å². The maximum absolute atomic E-state index is 12.7. The van der Waals surface area contributed by atoms with Gasteiger partial charge in [0.2, 0.25) is 0 Å². The molecule has 0 aliphatic carbocycles. The molecule has 0 N–H and O–H groups in total. The predicted molar refractivity (Wildman–Crippen MR) is 222 cm³/mol. The Labute approximate surface area is 326 Å². The first kappa shape index (κ1) is 51.2. The molecule has 0 aromatic heterocycles. The number of allylic oxidation sites excluding steroid dienone is 10. The second-order valence-corrected chi connectivity index (χ2v) is 16.4. The monoisotopic (exact) mass is 766 g/mol. The molecule has 0 amide bonds. The van der Waals surface area contributed by atoms with Crippen LogP contribution in [0.5, 0.6) is 0 Å². The fourth-order valence-corrected chi connectivity index (χ4v) is 6.01. The molecule has 0 bridgehead atoms. The maximum Gasteiger partial charge on any atom is 0.306 e. The normalized spacial score (nSPS) is 14.5. The number of ether oxygens (including phenoxy) is 2. The zero-order valence-corrected chi connectivity index (χ0v) is 35.6. The van der Waals surface area contributed by atoms with Crippen LogP contribution in [0.4, 0.5) is 0 Å². The van der Waals surface area contributed by atoms with E-state index in [0.29, 0.717) is 24.1 Å². The quantitative estimate of drug-likeness (QED) is 0.0203. The van der Waals surface area contributed by atoms with E-state index in [4.69, 9.17) is 18.5 Å². The fourth-order valence-electron chi connectivity index (χ4n) is 5.28.